The van der Waals surface area contributed by atoms with E-state index in [1.807, 2.05) is 13.8 Å². The van der Waals surface area contributed by atoms with E-state index < -0.39 is 12.2 Å². The molecule has 0 aliphatic carbocycles. The number of amides is 1. The van der Waals surface area contributed by atoms with Crippen molar-refractivity contribution < 1.29 is 18.3 Å². The smallest absolute Gasteiger partial charge is 0.387 e. The lowest BCUT2D eigenvalue weighted by molar-refractivity contribution is -0.0498. The molecule has 0 aliphatic heterocycles. The van der Waals surface area contributed by atoms with Crippen LogP contribution in [0.1, 0.15) is 37.0 Å². The summed E-state index contributed by atoms with van der Waals surface area (Å²) in [5.74, 6) is -0.254. The predicted molar refractivity (Wildman–Crippen MR) is 72.9 cm³/mol. The van der Waals surface area contributed by atoms with Crippen molar-refractivity contribution in [1.82, 2.24) is 5.32 Å². The second-order valence-corrected chi connectivity index (χ2v) is 4.55. The van der Waals surface area contributed by atoms with Crippen LogP contribution in [0.5, 0.6) is 5.75 Å². The third-order valence-corrected chi connectivity index (χ3v) is 3.46. The lowest BCUT2D eigenvalue weighted by Crippen LogP contribution is -2.52. The van der Waals surface area contributed by atoms with Crippen molar-refractivity contribution in [3.63, 3.8) is 0 Å². The quantitative estimate of drug-likeness (QED) is 0.809. The zero-order valence-corrected chi connectivity index (χ0v) is 11.7. The largest absolute Gasteiger partial charge is 0.435 e. The molecular weight excluding hydrogens is 266 g/mol. The van der Waals surface area contributed by atoms with E-state index in [4.69, 9.17) is 5.73 Å². The van der Waals surface area contributed by atoms with Gasteiger partial charge in [0, 0.05) is 12.1 Å². The van der Waals surface area contributed by atoms with Crippen LogP contribution >= 0.6 is 0 Å². The summed E-state index contributed by atoms with van der Waals surface area (Å²) in [5.41, 5.74) is 5.66. The molecule has 0 radical (unpaired) electrons. The van der Waals surface area contributed by atoms with Gasteiger partial charge in [0.1, 0.15) is 5.75 Å². The van der Waals surface area contributed by atoms with Crippen LogP contribution in [-0.4, -0.2) is 24.6 Å². The molecule has 1 rings (SSSR count). The van der Waals surface area contributed by atoms with Crippen molar-refractivity contribution >= 4 is 5.91 Å². The first-order valence-electron chi connectivity index (χ1n) is 6.53. The van der Waals surface area contributed by atoms with Crippen molar-refractivity contribution in [1.29, 1.82) is 0 Å². The van der Waals surface area contributed by atoms with Gasteiger partial charge in [-0.25, -0.2) is 0 Å². The van der Waals surface area contributed by atoms with Gasteiger partial charge in [0.2, 0.25) is 0 Å². The Labute approximate surface area is 117 Å². The highest BCUT2D eigenvalue weighted by molar-refractivity contribution is 5.94. The Morgan fingerprint density at radius 3 is 2.25 bits per heavy atom. The van der Waals surface area contributed by atoms with E-state index >= 15 is 0 Å². The number of nitrogens with one attached hydrogen (secondary N) is 1. The van der Waals surface area contributed by atoms with Crippen LogP contribution in [0, 0.1) is 0 Å². The number of hydrogen-bond acceptors (Lipinski definition) is 3. The zero-order valence-electron chi connectivity index (χ0n) is 11.7. The zero-order chi connectivity index (χ0) is 15.2. The monoisotopic (exact) mass is 286 g/mol. The number of hydrogen-bond donors (Lipinski definition) is 2. The Morgan fingerprint density at radius 1 is 1.30 bits per heavy atom. The van der Waals surface area contributed by atoms with Gasteiger partial charge < -0.3 is 15.8 Å². The van der Waals surface area contributed by atoms with Gasteiger partial charge in [-0.3, -0.25) is 4.79 Å². The molecule has 0 unspecified atom stereocenters. The summed E-state index contributed by atoms with van der Waals surface area (Å²) >= 11 is 0. The number of ether oxygens (including phenoxy) is 1. The van der Waals surface area contributed by atoms with Gasteiger partial charge in [0.05, 0.1) is 5.54 Å². The average Bonchev–Trinajstić information content (AvgIpc) is 2.45. The first-order valence-corrected chi connectivity index (χ1v) is 6.53. The fourth-order valence-corrected chi connectivity index (χ4v) is 1.87. The number of halogens is 2. The van der Waals surface area contributed by atoms with Crippen LogP contribution in [0.15, 0.2) is 24.3 Å². The Bertz CT molecular complexity index is 423. The van der Waals surface area contributed by atoms with Gasteiger partial charge in [0.15, 0.2) is 0 Å². The highest BCUT2D eigenvalue weighted by Crippen LogP contribution is 2.17. The predicted octanol–water partition coefficient (Wildman–Crippen LogP) is 2.54. The molecule has 0 fully saturated rings. The molecular formula is C14H20F2N2O2. The summed E-state index contributed by atoms with van der Waals surface area (Å²) in [7, 11) is 0. The fourth-order valence-electron chi connectivity index (χ4n) is 1.87. The number of benzene rings is 1. The van der Waals surface area contributed by atoms with E-state index in [0.717, 1.165) is 12.8 Å². The Balaban J connectivity index is 2.77. The van der Waals surface area contributed by atoms with E-state index in [0.29, 0.717) is 12.1 Å². The normalized spacial score (nSPS) is 11.5. The molecule has 0 saturated carbocycles. The van der Waals surface area contributed by atoms with E-state index in [2.05, 4.69) is 10.1 Å². The summed E-state index contributed by atoms with van der Waals surface area (Å²) in [6.45, 7) is 1.38. The molecule has 1 amide bonds. The van der Waals surface area contributed by atoms with Crippen LogP contribution < -0.4 is 15.8 Å². The summed E-state index contributed by atoms with van der Waals surface area (Å²) in [4.78, 5) is 12.1. The minimum Gasteiger partial charge on any atom is -0.435 e. The molecule has 1 aromatic carbocycles. The summed E-state index contributed by atoms with van der Waals surface area (Å²) in [5, 5.41) is 2.90. The first-order chi connectivity index (χ1) is 9.46. The third kappa shape index (κ3) is 4.16. The van der Waals surface area contributed by atoms with Crippen molar-refractivity contribution in [2.24, 2.45) is 5.73 Å². The topological polar surface area (TPSA) is 64.3 Å². The van der Waals surface area contributed by atoms with Gasteiger partial charge in [-0.2, -0.15) is 8.78 Å². The standard InChI is InChI=1S/C14H20F2N2O2/c1-3-14(4-2,9-17)18-12(19)10-5-7-11(8-6-10)20-13(15)16/h5-8,13H,3-4,9,17H2,1-2H3,(H,18,19). The van der Waals surface area contributed by atoms with Crippen LogP contribution in [0.4, 0.5) is 8.78 Å². The minimum atomic E-state index is -2.88. The Kier molecular flexibility index (Phi) is 5.88. The summed E-state index contributed by atoms with van der Waals surface area (Å²) in [6, 6.07) is 5.56. The van der Waals surface area contributed by atoms with Gasteiger partial charge in [-0.1, -0.05) is 13.8 Å². The molecule has 20 heavy (non-hydrogen) atoms. The number of rotatable bonds is 7. The molecule has 0 saturated heterocycles. The second-order valence-electron chi connectivity index (χ2n) is 4.55. The molecule has 4 nitrogen and oxygen atoms in total. The average molecular weight is 286 g/mol. The molecule has 0 aromatic heterocycles. The lowest BCUT2D eigenvalue weighted by Gasteiger charge is -2.31. The number of nitrogens with two attached hydrogens (primary N) is 1. The van der Waals surface area contributed by atoms with Crippen molar-refractivity contribution in [3.8, 4) is 5.75 Å². The van der Waals surface area contributed by atoms with Crippen molar-refractivity contribution in [2.45, 2.75) is 38.8 Å². The van der Waals surface area contributed by atoms with Crippen LogP contribution in [0.2, 0.25) is 0 Å². The minimum absolute atomic E-state index is 0.0209. The van der Waals surface area contributed by atoms with E-state index in [1.54, 1.807) is 0 Å². The Hall–Kier alpha value is -1.69. The van der Waals surface area contributed by atoms with Crippen molar-refractivity contribution in [3.05, 3.63) is 29.8 Å². The SMILES string of the molecule is CCC(CC)(CN)NC(=O)c1ccc(OC(F)F)cc1. The fraction of sp³-hybridized carbons (Fsp3) is 0.500. The van der Waals surface area contributed by atoms with Gasteiger partial charge in [-0.05, 0) is 37.1 Å². The maximum Gasteiger partial charge on any atom is 0.387 e. The molecule has 6 heteroatoms. The van der Waals surface area contributed by atoms with Crippen LogP contribution in [0.3, 0.4) is 0 Å². The molecule has 0 bridgehead atoms. The summed E-state index contributed by atoms with van der Waals surface area (Å²) in [6.07, 6.45) is 1.44. The lowest BCUT2D eigenvalue weighted by atomic mass is 9.92. The first kappa shape index (κ1) is 16.4. The highest BCUT2D eigenvalue weighted by atomic mass is 19.3. The number of carbonyl (C=O) groups excluding carboxylic acids is 1. The summed E-state index contributed by atoms with van der Waals surface area (Å²) < 4.78 is 28.3. The van der Waals surface area contributed by atoms with Gasteiger partial charge in [0.25, 0.3) is 5.91 Å². The Morgan fingerprint density at radius 2 is 1.85 bits per heavy atom. The van der Waals surface area contributed by atoms with Crippen LogP contribution in [0.25, 0.3) is 0 Å². The molecule has 0 heterocycles. The second kappa shape index (κ2) is 7.19. The van der Waals surface area contributed by atoms with Gasteiger partial charge >= 0.3 is 6.61 Å². The molecule has 3 N–H and O–H groups in total. The van der Waals surface area contributed by atoms with Gasteiger partial charge in [-0.15, -0.1) is 0 Å². The van der Waals surface area contributed by atoms with E-state index in [9.17, 15) is 13.6 Å². The maximum absolute atomic E-state index is 12.1. The van der Waals surface area contributed by atoms with E-state index in [1.165, 1.54) is 24.3 Å². The highest BCUT2D eigenvalue weighted by Gasteiger charge is 2.26. The molecule has 0 spiro atoms. The van der Waals surface area contributed by atoms with E-state index in [-0.39, 0.29) is 11.7 Å². The maximum atomic E-state index is 12.1. The number of alkyl halides is 2. The molecule has 1 aromatic rings. The van der Waals surface area contributed by atoms with Crippen molar-refractivity contribution in [2.75, 3.05) is 6.54 Å². The number of carbonyl (C=O) groups is 1. The molecule has 0 aliphatic rings. The third-order valence-electron chi connectivity index (χ3n) is 3.46. The van der Waals surface area contributed by atoms with Crippen LogP contribution in [-0.2, 0) is 0 Å². The molecule has 0 atom stereocenters. The molecule has 112 valence electrons.